The molecule has 9 heteroatoms. The van der Waals surface area contributed by atoms with Crippen LogP contribution in [0.3, 0.4) is 0 Å². The van der Waals surface area contributed by atoms with Gasteiger partial charge in [0.1, 0.15) is 0 Å². The molecule has 1 aliphatic heterocycles. The Balaban J connectivity index is 2.16. The van der Waals surface area contributed by atoms with Crippen molar-refractivity contribution >= 4 is 21.7 Å². The largest absolute Gasteiger partial charge is 0.478 e. The molecular weight excluding hydrogens is 324 g/mol. The number of carbonyl (C=O) groups is 1. The highest BCUT2D eigenvalue weighted by Crippen LogP contribution is 2.21. The fraction of sp³-hybridized carbons (Fsp3) is 0.500. The van der Waals surface area contributed by atoms with Crippen LogP contribution in [-0.4, -0.2) is 57.0 Å². The van der Waals surface area contributed by atoms with E-state index in [4.69, 9.17) is 9.84 Å². The van der Waals surface area contributed by atoms with E-state index in [0.717, 1.165) is 18.9 Å². The molecule has 0 saturated carbocycles. The van der Waals surface area contributed by atoms with Crippen molar-refractivity contribution in [2.45, 2.75) is 23.8 Å². The quantitative estimate of drug-likeness (QED) is 0.532. The molecule has 0 aromatic heterocycles. The minimum absolute atomic E-state index is 0.123. The lowest BCUT2D eigenvalue weighted by atomic mass is 10.2. The zero-order valence-electron chi connectivity index (χ0n) is 12.5. The van der Waals surface area contributed by atoms with Crippen LogP contribution in [0.2, 0.25) is 0 Å². The Kier molecular flexibility index (Phi) is 5.94. The van der Waals surface area contributed by atoms with Gasteiger partial charge in [0.2, 0.25) is 10.0 Å². The number of aliphatic hydroxyl groups excluding tert-OH is 1. The molecule has 1 atom stereocenters. The van der Waals surface area contributed by atoms with Gasteiger partial charge in [0.15, 0.2) is 0 Å². The van der Waals surface area contributed by atoms with Gasteiger partial charge in [-0.3, -0.25) is 0 Å². The van der Waals surface area contributed by atoms with Crippen LogP contribution in [0.1, 0.15) is 23.2 Å². The minimum Gasteiger partial charge on any atom is -0.478 e. The zero-order valence-corrected chi connectivity index (χ0v) is 13.3. The van der Waals surface area contributed by atoms with Crippen LogP contribution in [0.4, 0.5) is 5.69 Å². The lowest BCUT2D eigenvalue weighted by Gasteiger charge is -2.13. The van der Waals surface area contributed by atoms with Crippen molar-refractivity contribution in [3.05, 3.63) is 23.8 Å². The monoisotopic (exact) mass is 344 g/mol. The van der Waals surface area contributed by atoms with Gasteiger partial charge in [0, 0.05) is 25.4 Å². The number of carboxylic acids is 1. The van der Waals surface area contributed by atoms with E-state index in [1.54, 1.807) is 0 Å². The van der Waals surface area contributed by atoms with Gasteiger partial charge in [-0.25, -0.2) is 17.9 Å². The standard InChI is InChI=1S/C14H20N2O6S/c17-6-5-15-13-4-3-11(8-12(13)14(18)19)23(20,21)16-9-10-2-1-7-22-10/h3-4,8,10,15-17H,1-2,5-7,9H2,(H,18,19)/t10-/m1/s1. The average molecular weight is 344 g/mol. The predicted molar refractivity (Wildman–Crippen MR) is 83.1 cm³/mol. The van der Waals surface area contributed by atoms with Crippen LogP contribution in [0.25, 0.3) is 0 Å². The summed E-state index contributed by atoms with van der Waals surface area (Å²) < 4.78 is 32.3. The number of rotatable bonds is 8. The Morgan fingerprint density at radius 1 is 1.39 bits per heavy atom. The molecule has 128 valence electrons. The highest BCUT2D eigenvalue weighted by molar-refractivity contribution is 7.89. The maximum atomic E-state index is 12.3. The molecule has 0 radical (unpaired) electrons. The van der Waals surface area contributed by atoms with Crippen LogP contribution < -0.4 is 10.0 Å². The second-order valence-corrected chi connectivity index (χ2v) is 6.92. The molecule has 1 aromatic rings. The number of hydrogen-bond acceptors (Lipinski definition) is 6. The maximum Gasteiger partial charge on any atom is 0.337 e. The van der Waals surface area contributed by atoms with Gasteiger partial charge in [-0.05, 0) is 31.0 Å². The van der Waals surface area contributed by atoms with Crippen LogP contribution in [0.15, 0.2) is 23.1 Å². The van der Waals surface area contributed by atoms with Gasteiger partial charge in [-0.15, -0.1) is 0 Å². The molecule has 1 fully saturated rings. The highest BCUT2D eigenvalue weighted by Gasteiger charge is 2.22. The van der Waals surface area contributed by atoms with E-state index in [2.05, 4.69) is 10.0 Å². The summed E-state index contributed by atoms with van der Waals surface area (Å²) in [5, 5.41) is 20.7. The van der Waals surface area contributed by atoms with E-state index in [0.29, 0.717) is 6.61 Å². The number of sulfonamides is 1. The van der Waals surface area contributed by atoms with Crippen molar-refractivity contribution in [3.63, 3.8) is 0 Å². The zero-order chi connectivity index (χ0) is 16.9. The fourth-order valence-corrected chi connectivity index (χ4v) is 3.40. The first-order chi connectivity index (χ1) is 10.9. The number of aliphatic hydroxyl groups is 1. The summed E-state index contributed by atoms with van der Waals surface area (Å²) in [4.78, 5) is 11.2. The number of aromatic carboxylic acids is 1. The summed E-state index contributed by atoms with van der Waals surface area (Å²) in [7, 11) is -3.81. The molecule has 0 bridgehead atoms. The Hall–Kier alpha value is -1.68. The van der Waals surface area contributed by atoms with Crippen molar-refractivity contribution in [3.8, 4) is 0 Å². The molecule has 23 heavy (non-hydrogen) atoms. The third kappa shape index (κ3) is 4.64. The molecule has 1 aliphatic rings. The first kappa shape index (κ1) is 17.7. The van der Waals surface area contributed by atoms with Crippen molar-refractivity contribution in [2.24, 2.45) is 0 Å². The normalized spacial score (nSPS) is 18.0. The van der Waals surface area contributed by atoms with Gasteiger partial charge >= 0.3 is 5.97 Å². The molecule has 0 unspecified atom stereocenters. The summed E-state index contributed by atoms with van der Waals surface area (Å²) in [5.41, 5.74) is 0.0862. The first-order valence-electron chi connectivity index (χ1n) is 7.27. The third-order valence-corrected chi connectivity index (χ3v) is 4.91. The maximum absolute atomic E-state index is 12.3. The van der Waals surface area contributed by atoms with E-state index in [1.807, 2.05) is 0 Å². The topological polar surface area (TPSA) is 125 Å². The summed E-state index contributed by atoms with van der Waals surface area (Å²) >= 11 is 0. The van der Waals surface area contributed by atoms with Crippen LogP contribution in [0, 0.1) is 0 Å². The van der Waals surface area contributed by atoms with Crippen LogP contribution >= 0.6 is 0 Å². The number of anilines is 1. The van der Waals surface area contributed by atoms with Gasteiger partial charge in [0.25, 0.3) is 0 Å². The molecule has 0 spiro atoms. The van der Waals surface area contributed by atoms with Crippen LogP contribution in [0.5, 0.6) is 0 Å². The molecule has 8 nitrogen and oxygen atoms in total. The van der Waals surface area contributed by atoms with E-state index in [9.17, 15) is 18.3 Å². The third-order valence-electron chi connectivity index (χ3n) is 3.48. The van der Waals surface area contributed by atoms with E-state index in [1.165, 1.54) is 12.1 Å². The second-order valence-electron chi connectivity index (χ2n) is 5.15. The van der Waals surface area contributed by atoms with E-state index in [-0.39, 0.29) is 41.9 Å². The second kappa shape index (κ2) is 7.73. The first-order valence-corrected chi connectivity index (χ1v) is 8.75. The number of ether oxygens (including phenoxy) is 1. The lowest BCUT2D eigenvalue weighted by molar-refractivity contribution is 0.0697. The molecule has 1 aromatic carbocycles. The van der Waals surface area contributed by atoms with Gasteiger partial charge in [-0.2, -0.15) is 0 Å². The molecule has 1 heterocycles. The Morgan fingerprint density at radius 2 is 2.17 bits per heavy atom. The molecular formula is C14H20N2O6S. The summed E-state index contributed by atoms with van der Waals surface area (Å²) in [6.45, 7) is 0.793. The SMILES string of the molecule is O=C(O)c1cc(S(=O)(=O)NC[C@H]2CCCO2)ccc1NCCO. The minimum atomic E-state index is -3.81. The summed E-state index contributed by atoms with van der Waals surface area (Å²) in [6, 6.07) is 3.80. The van der Waals surface area contributed by atoms with Gasteiger partial charge < -0.3 is 20.3 Å². The number of carboxylic acid groups (broad SMARTS) is 1. The van der Waals surface area contributed by atoms with Gasteiger partial charge in [0.05, 0.1) is 23.2 Å². The predicted octanol–water partition coefficient (Wildman–Crippen LogP) is 0.246. The number of benzene rings is 1. The van der Waals surface area contributed by atoms with Crippen molar-refractivity contribution in [2.75, 3.05) is 31.6 Å². The Bertz CT molecular complexity index is 655. The van der Waals surface area contributed by atoms with Crippen molar-refractivity contribution in [1.82, 2.24) is 4.72 Å². The lowest BCUT2D eigenvalue weighted by Crippen LogP contribution is -2.32. The summed E-state index contributed by atoms with van der Waals surface area (Å²) in [5.74, 6) is -1.25. The van der Waals surface area contributed by atoms with E-state index < -0.39 is 16.0 Å². The molecule has 4 N–H and O–H groups in total. The smallest absolute Gasteiger partial charge is 0.337 e. The molecule has 0 amide bonds. The van der Waals surface area contributed by atoms with E-state index >= 15 is 0 Å². The molecule has 1 saturated heterocycles. The molecule has 2 rings (SSSR count). The fourth-order valence-electron chi connectivity index (χ4n) is 2.30. The van der Waals surface area contributed by atoms with Crippen molar-refractivity contribution in [1.29, 1.82) is 0 Å². The van der Waals surface area contributed by atoms with Gasteiger partial charge in [-0.1, -0.05) is 0 Å². The van der Waals surface area contributed by atoms with Crippen molar-refractivity contribution < 1.29 is 28.2 Å². The Morgan fingerprint density at radius 3 is 2.78 bits per heavy atom. The number of hydrogen-bond donors (Lipinski definition) is 4. The summed E-state index contributed by atoms with van der Waals surface area (Å²) in [6.07, 6.45) is 1.56. The Labute approximate surface area is 134 Å². The number of nitrogens with one attached hydrogen (secondary N) is 2. The molecule has 0 aliphatic carbocycles. The highest BCUT2D eigenvalue weighted by atomic mass is 32.2. The average Bonchev–Trinajstić information content (AvgIpc) is 3.04. The van der Waals surface area contributed by atoms with Crippen LogP contribution in [-0.2, 0) is 14.8 Å².